The zero-order valence-electron chi connectivity index (χ0n) is 16.3. The Morgan fingerprint density at radius 1 is 1.14 bits per heavy atom. The standard InChI is InChI=1S/C21H22F2N2O3S/c1-3-27-10-9-25-20-17(23)12-15(22)13-18(20)29-21(25)24-19(26)11-14-5-7-16(8-6-14)28-4-2/h5-8,12-13H,3-4,9-11H2,1-2H3. The third kappa shape index (κ3) is 5.27. The number of benzene rings is 2. The normalized spacial score (nSPS) is 11.9. The highest BCUT2D eigenvalue weighted by molar-refractivity contribution is 7.16. The number of nitrogens with zero attached hydrogens (tertiary/aromatic N) is 2. The van der Waals surface area contributed by atoms with Gasteiger partial charge in [0, 0.05) is 19.2 Å². The molecule has 1 amide bonds. The molecule has 0 spiro atoms. The van der Waals surface area contributed by atoms with Gasteiger partial charge in [-0.2, -0.15) is 4.99 Å². The number of fused-ring (bicyclic) bond motifs is 1. The van der Waals surface area contributed by atoms with E-state index in [0.29, 0.717) is 35.9 Å². The number of hydrogen-bond donors (Lipinski definition) is 0. The van der Waals surface area contributed by atoms with Crippen molar-refractivity contribution in [1.29, 1.82) is 0 Å². The Labute approximate surface area is 171 Å². The van der Waals surface area contributed by atoms with Crippen LogP contribution in [0.4, 0.5) is 8.78 Å². The van der Waals surface area contributed by atoms with Gasteiger partial charge in [0.2, 0.25) is 0 Å². The van der Waals surface area contributed by atoms with Gasteiger partial charge in [0.15, 0.2) is 10.6 Å². The third-order valence-corrected chi connectivity index (χ3v) is 5.19. The molecule has 0 aliphatic carbocycles. The van der Waals surface area contributed by atoms with Gasteiger partial charge in [0.25, 0.3) is 5.91 Å². The summed E-state index contributed by atoms with van der Waals surface area (Å²) in [5, 5.41) is 0. The Balaban J connectivity index is 1.91. The van der Waals surface area contributed by atoms with E-state index in [9.17, 15) is 13.6 Å². The van der Waals surface area contributed by atoms with Crippen LogP contribution < -0.4 is 9.54 Å². The second-order valence-corrected chi connectivity index (χ2v) is 7.24. The van der Waals surface area contributed by atoms with Gasteiger partial charge in [-0.05, 0) is 37.6 Å². The van der Waals surface area contributed by atoms with E-state index < -0.39 is 11.6 Å². The minimum absolute atomic E-state index is 0.100. The smallest absolute Gasteiger partial charge is 0.252 e. The van der Waals surface area contributed by atoms with Crippen molar-refractivity contribution in [2.24, 2.45) is 4.99 Å². The van der Waals surface area contributed by atoms with Crippen molar-refractivity contribution in [1.82, 2.24) is 4.57 Å². The molecule has 0 saturated carbocycles. The van der Waals surface area contributed by atoms with Crippen LogP contribution in [0, 0.1) is 11.6 Å². The highest BCUT2D eigenvalue weighted by Gasteiger charge is 2.14. The van der Waals surface area contributed by atoms with E-state index in [4.69, 9.17) is 9.47 Å². The minimum Gasteiger partial charge on any atom is -0.494 e. The molecular formula is C21H22F2N2O3S. The summed E-state index contributed by atoms with van der Waals surface area (Å²) >= 11 is 1.08. The van der Waals surface area contributed by atoms with Gasteiger partial charge in [0.05, 0.1) is 29.9 Å². The Kier molecular flexibility index (Phi) is 7.11. The molecule has 29 heavy (non-hydrogen) atoms. The minimum atomic E-state index is -0.687. The van der Waals surface area contributed by atoms with E-state index in [1.165, 1.54) is 6.07 Å². The van der Waals surface area contributed by atoms with Crippen LogP contribution >= 0.6 is 11.3 Å². The lowest BCUT2D eigenvalue weighted by Gasteiger charge is -2.06. The first-order valence-electron chi connectivity index (χ1n) is 9.37. The lowest BCUT2D eigenvalue weighted by atomic mass is 10.1. The predicted octanol–water partition coefficient (Wildman–Crippen LogP) is 4.09. The van der Waals surface area contributed by atoms with Gasteiger partial charge in [-0.25, -0.2) is 8.78 Å². The molecule has 3 aromatic rings. The van der Waals surface area contributed by atoms with Gasteiger partial charge in [-0.3, -0.25) is 4.79 Å². The molecule has 0 aliphatic heterocycles. The van der Waals surface area contributed by atoms with Crippen LogP contribution in [0.15, 0.2) is 41.4 Å². The molecule has 8 heteroatoms. The van der Waals surface area contributed by atoms with Crippen LogP contribution in [-0.2, 0) is 22.5 Å². The van der Waals surface area contributed by atoms with Gasteiger partial charge < -0.3 is 14.0 Å². The number of carbonyl (C=O) groups excluding carboxylic acids is 1. The van der Waals surface area contributed by atoms with Crippen LogP contribution in [-0.4, -0.2) is 30.3 Å². The Morgan fingerprint density at radius 2 is 1.90 bits per heavy atom. The maximum Gasteiger partial charge on any atom is 0.252 e. The summed E-state index contributed by atoms with van der Waals surface area (Å²) < 4.78 is 40.7. The number of aromatic nitrogens is 1. The summed E-state index contributed by atoms with van der Waals surface area (Å²) in [6.45, 7) is 5.49. The molecule has 3 rings (SSSR count). The molecule has 0 atom stereocenters. The molecule has 1 heterocycles. The lowest BCUT2D eigenvalue weighted by molar-refractivity contribution is -0.117. The highest BCUT2D eigenvalue weighted by Crippen LogP contribution is 2.22. The van der Waals surface area contributed by atoms with Crippen molar-refractivity contribution >= 4 is 27.5 Å². The number of carbonyl (C=O) groups is 1. The van der Waals surface area contributed by atoms with Crippen LogP contribution in [0.5, 0.6) is 5.75 Å². The maximum absolute atomic E-state index is 14.4. The molecule has 0 unspecified atom stereocenters. The summed E-state index contributed by atoms with van der Waals surface area (Å²) in [5.74, 6) is -0.989. The van der Waals surface area contributed by atoms with Crippen LogP contribution in [0.1, 0.15) is 19.4 Å². The predicted molar refractivity (Wildman–Crippen MR) is 108 cm³/mol. The Morgan fingerprint density at radius 3 is 2.59 bits per heavy atom. The maximum atomic E-state index is 14.4. The number of thiazole rings is 1. The second kappa shape index (κ2) is 9.76. The molecule has 0 aliphatic rings. The summed E-state index contributed by atoms with van der Waals surface area (Å²) in [7, 11) is 0. The van der Waals surface area contributed by atoms with E-state index in [-0.39, 0.29) is 17.8 Å². The quantitative estimate of drug-likeness (QED) is 0.516. The molecular weight excluding hydrogens is 398 g/mol. The summed E-state index contributed by atoms with van der Waals surface area (Å²) in [6, 6.07) is 9.29. The van der Waals surface area contributed by atoms with E-state index in [0.717, 1.165) is 28.7 Å². The van der Waals surface area contributed by atoms with Gasteiger partial charge in [0.1, 0.15) is 11.6 Å². The number of amides is 1. The first-order valence-corrected chi connectivity index (χ1v) is 10.2. The Bertz CT molecular complexity index is 1060. The number of hydrogen-bond acceptors (Lipinski definition) is 4. The van der Waals surface area contributed by atoms with Gasteiger partial charge in [-0.15, -0.1) is 0 Å². The molecule has 154 valence electrons. The van der Waals surface area contributed by atoms with E-state index in [2.05, 4.69) is 4.99 Å². The van der Waals surface area contributed by atoms with Crippen LogP contribution in [0.2, 0.25) is 0 Å². The number of rotatable bonds is 8. The molecule has 0 saturated heterocycles. The number of ether oxygens (including phenoxy) is 2. The van der Waals surface area contributed by atoms with Crippen LogP contribution in [0.25, 0.3) is 10.2 Å². The van der Waals surface area contributed by atoms with Crippen LogP contribution in [0.3, 0.4) is 0 Å². The zero-order chi connectivity index (χ0) is 20.8. The van der Waals surface area contributed by atoms with Crippen molar-refractivity contribution in [3.05, 3.63) is 58.4 Å². The molecule has 0 bridgehead atoms. The van der Waals surface area contributed by atoms with Crippen molar-refractivity contribution < 1.29 is 23.0 Å². The van der Waals surface area contributed by atoms with Crippen molar-refractivity contribution in [2.45, 2.75) is 26.8 Å². The van der Waals surface area contributed by atoms with E-state index >= 15 is 0 Å². The average molecular weight is 420 g/mol. The molecule has 1 aromatic heterocycles. The first-order chi connectivity index (χ1) is 14.0. The monoisotopic (exact) mass is 420 g/mol. The molecule has 2 aromatic carbocycles. The highest BCUT2D eigenvalue weighted by atomic mass is 32.1. The van der Waals surface area contributed by atoms with Gasteiger partial charge in [-0.1, -0.05) is 23.5 Å². The fraction of sp³-hybridized carbons (Fsp3) is 0.333. The number of halogens is 2. The second-order valence-electron chi connectivity index (χ2n) is 6.23. The van der Waals surface area contributed by atoms with Crippen molar-refractivity contribution in [3.8, 4) is 5.75 Å². The third-order valence-electron chi connectivity index (χ3n) is 4.17. The Hall–Kier alpha value is -2.58. The summed E-state index contributed by atoms with van der Waals surface area (Å²) in [6.07, 6.45) is 0.100. The summed E-state index contributed by atoms with van der Waals surface area (Å²) in [5.41, 5.74) is 1.02. The SMILES string of the molecule is CCOCCn1c(=NC(=O)Cc2ccc(OCC)cc2)sc2cc(F)cc(F)c21. The van der Waals surface area contributed by atoms with Gasteiger partial charge >= 0.3 is 0 Å². The summed E-state index contributed by atoms with van der Waals surface area (Å²) in [4.78, 5) is 17.0. The molecule has 0 radical (unpaired) electrons. The topological polar surface area (TPSA) is 52.8 Å². The van der Waals surface area contributed by atoms with E-state index in [1.807, 2.05) is 26.0 Å². The van der Waals surface area contributed by atoms with E-state index in [1.54, 1.807) is 16.7 Å². The first kappa shape index (κ1) is 21.1. The fourth-order valence-corrected chi connectivity index (χ4v) is 4.03. The van der Waals surface area contributed by atoms with Crippen molar-refractivity contribution in [2.75, 3.05) is 19.8 Å². The molecule has 0 N–H and O–H groups in total. The molecule has 0 fully saturated rings. The van der Waals surface area contributed by atoms with Crippen molar-refractivity contribution in [3.63, 3.8) is 0 Å². The lowest BCUT2D eigenvalue weighted by Crippen LogP contribution is -2.20. The molecule has 5 nitrogen and oxygen atoms in total. The average Bonchev–Trinajstić information content (AvgIpc) is 3.01. The fourth-order valence-electron chi connectivity index (χ4n) is 2.91. The zero-order valence-corrected chi connectivity index (χ0v) is 17.1. The largest absolute Gasteiger partial charge is 0.494 e.